The first-order valence-corrected chi connectivity index (χ1v) is 8.56. The molecule has 2 atom stereocenters. The van der Waals surface area contributed by atoms with Gasteiger partial charge in [-0.15, -0.1) is 0 Å². The molecule has 0 saturated carbocycles. The summed E-state index contributed by atoms with van der Waals surface area (Å²) in [5.41, 5.74) is 0.366. The van der Waals surface area contributed by atoms with Crippen LogP contribution in [0.3, 0.4) is 0 Å². The van der Waals surface area contributed by atoms with Crippen molar-refractivity contribution in [2.75, 3.05) is 12.4 Å². The van der Waals surface area contributed by atoms with Crippen LogP contribution in [0.25, 0.3) is 0 Å². The van der Waals surface area contributed by atoms with Gasteiger partial charge in [0.25, 0.3) is 0 Å². The molecule has 2 aromatic carbocycles. The molecule has 142 valence electrons. The number of likely N-dealkylation sites (tertiary alicyclic amines) is 1. The summed E-state index contributed by atoms with van der Waals surface area (Å²) in [7, 11) is 1.66. The minimum atomic E-state index is -4.42. The van der Waals surface area contributed by atoms with E-state index in [1.807, 2.05) is 30.3 Å². The lowest BCUT2D eigenvalue weighted by Gasteiger charge is -2.38. The monoisotopic (exact) mass is 376 g/mol. The normalized spacial score (nSPS) is 20.4. The maximum absolute atomic E-state index is 12.8. The zero-order valence-electron chi connectivity index (χ0n) is 14.7. The maximum Gasteiger partial charge on any atom is 0.416 e. The molecule has 1 heterocycles. The number of hydrogen-bond donors (Lipinski definition) is 1. The molecule has 7 heteroatoms. The molecule has 0 aliphatic carbocycles. The van der Waals surface area contributed by atoms with Gasteiger partial charge >= 0.3 is 6.18 Å². The van der Waals surface area contributed by atoms with Crippen molar-refractivity contribution in [3.63, 3.8) is 0 Å². The van der Waals surface area contributed by atoms with E-state index in [0.717, 1.165) is 17.7 Å². The lowest BCUT2D eigenvalue weighted by molar-refractivity contribution is -0.140. The number of rotatable bonds is 3. The van der Waals surface area contributed by atoms with Gasteiger partial charge in [-0.3, -0.25) is 9.59 Å². The Hall–Kier alpha value is -2.83. The Morgan fingerprint density at radius 2 is 1.70 bits per heavy atom. The molecule has 0 bridgehead atoms. The number of carbonyl (C=O) groups is 2. The second-order valence-corrected chi connectivity index (χ2v) is 6.57. The lowest BCUT2D eigenvalue weighted by atomic mass is 9.84. The second-order valence-electron chi connectivity index (χ2n) is 6.57. The molecule has 0 radical (unpaired) electrons. The molecule has 4 nitrogen and oxygen atoms in total. The average Bonchev–Trinajstić information content (AvgIpc) is 2.64. The summed E-state index contributed by atoms with van der Waals surface area (Å²) in [6.07, 6.45) is -3.78. The Morgan fingerprint density at radius 3 is 2.30 bits per heavy atom. The Balaban J connectivity index is 1.80. The highest BCUT2D eigenvalue weighted by molar-refractivity contribution is 5.94. The Bertz CT molecular complexity index is 819. The number of nitrogens with one attached hydrogen (secondary N) is 1. The third-order valence-electron chi connectivity index (χ3n) is 4.82. The fraction of sp³-hybridized carbons (Fsp3) is 0.300. The van der Waals surface area contributed by atoms with E-state index in [0.29, 0.717) is 12.1 Å². The van der Waals surface area contributed by atoms with E-state index in [-0.39, 0.29) is 18.2 Å². The second kappa shape index (κ2) is 7.42. The van der Waals surface area contributed by atoms with E-state index in [1.165, 1.54) is 12.1 Å². The quantitative estimate of drug-likeness (QED) is 0.871. The number of halogens is 3. The molecule has 1 N–H and O–H groups in total. The van der Waals surface area contributed by atoms with Crippen LogP contribution in [-0.2, 0) is 15.8 Å². The number of anilines is 1. The number of nitrogens with zero attached hydrogens (tertiary/aromatic N) is 1. The molecule has 0 spiro atoms. The van der Waals surface area contributed by atoms with Crippen LogP contribution in [0.2, 0.25) is 0 Å². The van der Waals surface area contributed by atoms with Gasteiger partial charge in [0.15, 0.2) is 0 Å². The van der Waals surface area contributed by atoms with Gasteiger partial charge in [-0.1, -0.05) is 30.3 Å². The Kier molecular flexibility index (Phi) is 5.21. The van der Waals surface area contributed by atoms with E-state index >= 15 is 0 Å². The molecule has 1 aliphatic rings. The molecule has 0 unspecified atom stereocenters. The number of alkyl halides is 3. The van der Waals surface area contributed by atoms with Crippen molar-refractivity contribution in [3.05, 3.63) is 65.7 Å². The van der Waals surface area contributed by atoms with E-state index in [1.54, 1.807) is 11.9 Å². The molecule has 2 aromatic rings. The Labute approximate surface area is 155 Å². The number of piperidine rings is 1. The van der Waals surface area contributed by atoms with Crippen LogP contribution < -0.4 is 5.32 Å². The van der Waals surface area contributed by atoms with Crippen molar-refractivity contribution >= 4 is 17.5 Å². The van der Waals surface area contributed by atoms with Crippen molar-refractivity contribution in [3.8, 4) is 0 Å². The SMILES string of the molecule is CN1C(=O)CC[C@H](C(=O)Nc2ccc(C(F)(F)F)cc2)[C@H]1c1ccccc1. The van der Waals surface area contributed by atoms with Gasteiger partial charge < -0.3 is 10.2 Å². The average molecular weight is 376 g/mol. The molecular weight excluding hydrogens is 357 g/mol. The summed E-state index contributed by atoms with van der Waals surface area (Å²) < 4.78 is 38.0. The topological polar surface area (TPSA) is 49.4 Å². The largest absolute Gasteiger partial charge is 0.416 e. The predicted octanol–water partition coefficient (Wildman–Crippen LogP) is 4.25. The predicted molar refractivity (Wildman–Crippen MR) is 94.8 cm³/mol. The van der Waals surface area contributed by atoms with Crippen molar-refractivity contribution in [2.24, 2.45) is 5.92 Å². The summed E-state index contributed by atoms with van der Waals surface area (Å²) in [5.74, 6) is -0.845. The van der Waals surface area contributed by atoms with Crippen molar-refractivity contribution in [1.29, 1.82) is 0 Å². The van der Waals surface area contributed by atoms with Crippen molar-refractivity contribution < 1.29 is 22.8 Å². The van der Waals surface area contributed by atoms with Crippen LogP contribution in [0.15, 0.2) is 54.6 Å². The van der Waals surface area contributed by atoms with Crippen LogP contribution in [0.4, 0.5) is 18.9 Å². The fourth-order valence-electron chi connectivity index (χ4n) is 3.40. The number of benzene rings is 2. The third kappa shape index (κ3) is 4.13. The molecule has 0 aromatic heterocycles. The highest BCUT2D eigenvalue weighted by Gasteiger charge is 2.39. The van der Waals surface area contributed by atoms with Crippen LogP contribution >= 0.6 is 0 Å². The van der Waals surface area contributed by atoms with Crippen molar-refractivity contribution in [1.82, 2.24) is 4.90 Å². The van der Waals surface area contributed by atoms with Crippen LogP contribution in [-0.4, -0.2) is 23.8 Å². The van der Waals surface area contributed by atoms with Gasteiger partial charge in [-0.2, -0.15) is 13.2 Å². The highest BCUT2D eigenvalue weighted by atomic mass is 19.4. The Morgan fingerprint density at radius 1 is 1.07 bits per heavy atom. The highest BCUT2D eigenvalue weighted by Crippen LogP contribution is 2.36. The summed E-state index contributed by atoms with van der Waals surface area (Å²) >= 11 is 0. The molecule has 1 aliphatic heterocycles. The summed E-state index contributed by atoms with van der Waals surface area (Å²) in [6.45, 7) is 0. The number of amides is 2. The van der Waals surface area contributed by atoms with Gasteiger partial charge in [0.2, 0.25) is 11.8 Å². The minimum Gasteiger partial charge on any atom is -0.338 e. The summed E-state index contributed by atoms with van der Waals surface area (Å²) in [4.78, 5) is 26.5. The molecule has 3 rings (SSSR count). The molecule has 2 amide bonds. The summed E-state index contributed by atoms with van der Waals surface area (Å²) in [6, 6.07) is 13.2. The van der Waals surface area contributed by atoms with Gasteiger partial charge in [0.05, 0.1) is 17.5 Å². The smallest absolute Gasteiger partial charge is 0.338 e. The van der Waals surface area contributed by atoms with Crippen LogP contribution in [0.1, 0.15) is 30.0 Å². The van der Waals surface area contributed by atoms with E-state index < -0.39 is 23.7 Å². The van der Waals surface area contributed by atoms with Gasteiger partial charge in [-0.05, 0) is 36.2 Å². The fourth-order valence-corrected chi connectivity index (χ4v) is 3.40. The standard InChI is InChI=1S/C20H19F3N2O2/c1-25-17(26)12-11-16(18(25)13-5-3-2-4-6-13)19(27)24-15-9-7-14(8-10-15)20(21,22)23/h2-10,16,18H,11-12H2,1H3,(H,24,27)/t16-,18+/m0/s1. The first kappa shape index (κ1) is 18.9. The molecule has 27 heavy (non-hydrogen) atoms. The van der Waals surface area contributed by atoms with Gasteiger partial charge in [-0.25, -0.2) is 0 Å². The van der Waals surface area contributed by atoms with E-state index in [2.05, 4.69) is 5.32 Å². The summed E-state index contributed by atoms with van der Waals surface area (Å²) in [5, 5.41) is 2.68. The van der Waals surface area contributed by atoms with Gasteiger partial charge in [0.1, 0.15) is 0 Å². The van der Waals surface area contributed by atoms with Crippen LogP contribution in [0, 0.1) is 5.92 Å². The zero-order chi connectivity index (χ0) is 19.6. The minimum absolute atomic E-state index is 0.0394. The lowest BCUT2D eigenvalue weighted by Crippen LogP contribution is -2.44. The third-order valence-corrected chi connectivity index (χ3v) is 4.82. The van der Waals surface area contributed by atoms with Crippen LogP contribution in [0.5, 0.6) is 0 Å². The number of hydrogen-bond acceptors (Lipinski definition) is 2. The van der Waals surface area contributed by atoms with E-state index in [4.69, 9.17) is 0 Å². The first-order chi connectivity index (χ1) is 12.8. The van der Waals surface area contributed by atoms with E-state index in [9.17, 15) is 22.8 Å². The number of carbonyl (C=O) groups excluding carboxylic acids is 2. The van der Waals surface area contributed by atoms with Gasteiger partial charge in [0, 0.05) is 19.2 Å². The zero-order valence-corrected chi connectivity index (χ0v) is 14.7. The molecular formula is C20H19F3N2O2. The first-order valence-electron chi connectivity index (χ1n) is 8.56. The maximum atomic E-state index is 12.8. The van der Waals surface area contributed by atoms with Crippen molar-refractivity contribution in [2.45, 2.75) is 25.1 Å². The molecule has 1 saturated heterocycles. The molecule has 1 fully saturated rings.